The van der Waals surface area contributed by atoms with E-state index in [1.54, 1.807) is 24.3 Å². The lowest BCUT2D eigenvalue weighted by Gasteiger charge is -2.35. The summed E-state index contributed by atoms with van der Waals surface area (Å²) in [5.41, 5.74) is 2.51. The first-order valence-electron chi connectivity index (χ1n) is 9.71. The van der Waals surface area contributed by atoms with Gasteiger partial charge in [0.15, 0.2) is 0 Å². The lowest BCUT2D eigenvalue weighted by atomic mass is 10.1. The quantitative estimate of drug-likeness (QED) is 0.658. The molecule has 0 aromatic heterocycles. The highest BCUT2D eigenvalue weighted by molar-refractivity contribution is 7.89. The number of fused-ring (bicyclic) bond motifs is 1. The van der Waals surface area contributed by atoms with Gasteiger partial charge in [-0.3, -0.25) is 14.5 Å². The Bertz CT molecular complexity index is 1110. The third-order valence-electron chi connectivity index (χ3n) is 5.50. The zero-order chi connectivity index (χ0) is 21.5. The van der Waals surface area contributed by atoms with Crippen LogP contribution in [0.25, 0.3) is 0 Å². The first-order chi connectivity index (χ1) is 14.3. The van der Waals surface area contributed by atoms with Crippen LogP contribution in [0.4, 0.5) is 5.69 Å². The molecule has 30 heavy (non-hydrogen) atoms. The summed E-state index contributed by atoms with van der Waals surface area (Å²) in [6, 6.07) is 12.5. The molecule has 2 amide bonds. The number of sulfonamides is 1. The number of carbonyl (C=O) groups excluding carboxylic acids is 2. The van der Waals surface area contributed by atoms with Crippen molar-refractivity contribution < 1.29 is 18.0 Å². The number of benzene rings is 2. The van der Waals surface area contributed by atoms with Gasteiger partial charge in [0.05, 0.1) is 16.9 Å². The Kier molecular flexibility index (Phi) is 5.57. The number of rotatable bonds is 5. The highest BCUT2D eigenvalue weighted by atomic mass is 35.5. The fourth-order valence-corrected chi connectivity index (χ4v) is 5.42. The monoisotopic (exact) mass is 447 g/mol. The van der Waals surface area contributed by atoms with Gasteiger partial charge in [0.25, 0.3) is 11.8 Å². The van der Waals surface area contributed by atoms with Gasteiger partial charge in [-0.1, -0.05) is 29.3 Å². The number of piperazine rings is 1. The van der Waals surface area contributed by atoms with Crippen molar-refractivity contribution in [3.05, 3.63) is 64.2 Å². The highest BCUT2D eigenvalue weighted by Crippen LogP contribution is 2.25. The summed E-state index contributed by atoms with van der Waals surface area (Å²) < 4.78 is 27.1. The first kappa shape index (κ1) is 20.8. The van der Waals surface area contributed by atoms with E-state index >= 15 is 0 Å². The molecule has 2 heterocycles. The SMILES string of the molecule is Cc1ccc2c(c1)C(=O)N(CCS(=O)(=O)N1CCN(c3cccc(Cl)c3)CC1)C2=O. The summed E-state index contributed by atoms with van der Waals surface area (Å²) in [4.78, 5) is 28.2. The molecular formula is C21H22ClN3O4S. The Morgan fingerprint density at radius 1 is 0.933 bits per heavy atom. The van der Waals surface area contributed by atoms with Gasteiger partial charge in [-0.2, -0.15) is 4.31 Å². The number of amides is 2. The van der Waals surface area contributed by atoms with Crippen molar-refractivity contribution in [2.75, 3.05) is 43.4 Å². The van der Waals surface area contributed by atoms with Crippen LogP contribution in [0.15, 0.2) is 42.5 Å². The Morgan fingerprint density at radius 3 is 2.33 bits per heavy atom. The summed E-state index contributed by atoms with van der Waals surface area (Å²) in [6.07, 6.45) is 0. The fraction of sp³-hybridized carbons (Fsp3) is 0.333. The van der Waals surface area contributed by atoms with Gasteiger partial charge in [0.1, 0.15) is 0 Å². The van der Waals surface area contributed by atoms with Crippen molar-refractivity contribution in [3.8, 4) is 0 Å². The van der Waals surface area contributed by atoms with Crippen LogP contribution in [-0.2, 0) is 10.0 Å². The van der Waals surface area contributed by atoms with Crippen molar-refractivity contribution in [3.63, 3.8) is 0 Å². The van der Waals surface area contributed by atoms with Gasteiger partial charge in [-0.25, -0.2) is 8.42 Å². The Morgan fingerprint density at radius 2 is 1.63 bits per heavy atom. The van der Waals surface area contributed by atoms with Crippen molar-refractivity contribution in [1.29, 1.82) is 0 Å². The van der Waals surface area contributed by atoms with E-state index in [9.17, 15) is 18.0 Å². The van der Waals surface area contributed by atoms with E-state index in [4.69, 9.17) is 11.6 Å². The number of hydrogen-bond acceptors (Lipinski definition) is 5. The maximum absolute atomic E-state index is 12.8. The number of carbonyl (C=O) groups is 2. The molecule has 2 aliphatic heterocycles. The molecular weight excluding hydrogens is 426 g/mol. The molecule has 7 nitrogen and oxygen atoms in total. The predicted molar refractivity (Wildman–Crippen MR) is 116 cm³/mol. The summed E-state index contributed by atoms with van der Waals surface area (Å²) >= 11 is 6.04. The standard InChI is InChI=1S/C21H22ClN3O4S/c1-15-5-6-18-19(13-15)21(27)25(20(18)26)11-12-30(28,29)24-9-7-23(8-10-24)17-4-2-3-16(22)14-17/h2-6,13-14H,7-12H2,1H3. The molecule has 2 aliphatic rings. The molecule has 2 aromatic carbocycles. The normalized spacial score (nSPS) is 17.5. The third-order valence-corrected chi connectivity index (χ3v) is 7.59. The van der Waals surface area contributed by atoms with Crippen molar-refractivity contribution in [1.82, 2.24) is 9.21 Å². The Labute approximate surface area is 180 Å². The number of imide groups is 1. The maximum Gasteiger partial charge on any atom is 0.261 e. The van der Waals surface area contributed by atoms with Crippen LogP contribution in [0.5, 0.6) is 0 Å². The Hall–Kier alpha value is -2.42. The number of nitrogens with zero attached hydrogens (tertiary/aromatic N) is 3. The number of halogens is 1. The van der Waals surface area contributed by atoms with E-state index in [1.165, 1.54) is 4.31 Å². The molecule has 0 bridgehead atoms. The first-order valence-corrected chi connectivity index (χ1v) is 11.7. The molecule has 0 radical (unpaired) electrons. The van der Waals surface area contributed by atoms with Gasteiger partial charge in [-0.05, 0) is 37.3 Å². The van der Waals surface area contributed by atoms with Gasteiger partial charge in [0.2, 0.25) is 10.0 Å². The molecule has 0 spiro atoms. The second kappa shape index (κ2) is 8.02. The largest absolute Gasteiger partial charge is 0.369 e. The van der Waals surface area contributed by atoms with Crippen LogP contribution in [-0.4, -0.2) is 67.9 Å². The zero-order valence-corrected chi connectivity index (χ0v) is 18.1. The minimum atomic E-state index is -3.59. The average molecular weight is 448 g/mol. The van der Waals surface area contributed by atoms with Crippen LogP contribution < -0.4 is 4.90 Å². The summed E-state index contributed by atoms with van der Waals surface area (Å²) in [5, 5.41) is 0.638. The molecule has 0 saturated carbocycles. The van der Waals surface area contributed by atoms with Crippen molar-refractivity contribution in [2.24, 2.45) is 0 Å². The van der Waals surface area contributed by atoms with Gasteiger partial charge < -0.3 is 4.90 Å². The highest BCUT2D eigenvalue weighted by Gasteiger charge is 2.37. The third kappa shape index (κ3) is 3.95. The molecule has 0 atom stereocenters. The van der Waals surface area contributed by atoms with Crippen LogP contribution in [0.2, 0.25) is 5.02 Å². The second-order valence-corrected chi connectivity index (χ2v) is 10.0. The Balaban J connectivity index is 1.38. The molecule has 1 saturated heterocycles. The van der Waals surface area contributed by atoms with E-state index in [0.29, 0.717) is 42.3 Å². The minimum absolute atomic E-state index is 0.151. The molecule has 0 aliphatic carbocycles. The number of anilines is 1. The average Bonchev–Trinajstić information content (AvgIpc) is 2.96. The molecule has 2 aromatic rings. The van der Waals surface area contributed by atoms with E-state index in [1.807, 2.05) is 25.1 Å². The summed E-state index contributed by atoms with van der Waals surface area (Å²) in [6.45, 7) is 3.47. The van der Waals surface area contributed by atoms with Crippen molar-refractivity contribution in [2.45, 2.75) is 6.92 Å². The summed E-state index contributed by atoms with van der Waals surface area (Å²) in [5.74, 6) is -1.15. The molecule has 0 unspecified atom stereocenters. The second-order valence-electron chi connectivity index (χ2n) is 7.49. The van der Waals surface area contributed by atoms with E-state index in [0.717, 1.165) is 16.2 Å². The van der Waals surface area contributed by atoms with Gasteiger partial charge >= 0.3 is 0 Å². The van der Waals surface area contributed by atoms with Crippen LogP contribution in [0, 0.1) is 6.92 Å². The fourth-order valence-electron chi connectivity index (χ4n) is 3.84. The smallest absolute Gasteiger partial charge is 0.261 e. The van der Waals surface area contributed by atoms with E-state index < -0.39 is 21.8 Å². The zero-order valence-electron chi connectivity index (χ0n) is 16.5. The topological polar surface area (TPSA) is 78.0 Å². The molecule has 158 valence electrons. The lowest BCUT2D eigenvalue weighted by Crippen LogP contribution is -2.50. The molecule has 4 rings (SSSR count). The molecule has 1 fully saturated rings. The van der Waals surface area contributed by atoms with Crippen molar-refractivity contribution >= 4 is 39.1 Å². The number of aryl methyl sites for hydroxylation is 1. The summed E-state index contributed by atoms with van der Waals surface area (Å²) in [7, 11) is -3.59. The van der Waals surface area contributed by atoms with Crippen LogP contribution >= 0.6 is 11.6 Å². The van der Waals surface area contributed by atoms with E-state index in [2.05, 4.69) is 4.90 Å². The van der Waals surface area contributed by atoms with Gasteiger partial charge in [0, 0.05) is 43.4 Å². The maximum atomic E-state index is 12.8. The minimum Gasteiger partial charge on any atom is -0.369 e. The lowest BCUT2D eigenvalue weighted by molar-refractivity contribution is 0.0663. The predicted octanol–water partition coefficient (Wildman–Crippen LogP) is 2.40. The number of hydrogen-bond donors (Lipinski definition) is 0. The van der Waals surface area contributed by atoms with E-state index in [-0.39, 0.29) is 12.3 Å². The molecule has 0 N–H and O–H groups in total. The van der Waals surface area contributed by atoms with Crippen LogP contribution in [0.1, 0.15) is 26.3 Å². The van der Waals surface area contributed by atoms with Crippen LogP contribution in [0.3, 0.4) is 0 Å². The molecule has 9 heteroatoms. The van der Waals surface area contributed by atoms with Gasteiger partial charge in [-0.15, -0.1) is 0 Å².